The van der Waals surface area contributed by atoms with Crippen molar-refractivity contribution in [2.24, 2.45) is 5.92 Å². The highest BCUT2D eigenvalue weighted by Crippen LogP contribution is 2.23. The van der Waals surface area contributed by atoms with Crippen LogP contribution >= 0.6 is 0 Å². The number of aromatic nitrogens is 1. The first kappa shape index (κ1) is 10.2. The van der Waals surface area contributed by atoms with Crippen molar-refractivity contribution in [2.75, 3.05) is 0 Å². The largest absolute Gasteiger partial charge is 0.351 e. The van der Waals surface area contributed by atoms with Gasteiger partial charge >= 0.3 is 0 Å². The lowest BCUT2D eigenvalue weighted by Gasteiger charge is -2.28. The Balaban J connectivity index is 1.93. The normalized spacial score (nSPS) is 26.2. The number of amides is 1. The minimum Gasteiger partial charge on any atom is -0.351 e. The molecule has 0 aliphatic heterocycles. The molecule has 1 aliphatic rings. The molecule has 4 nitrogen and oxygen atoms in total. The number of nitrogens with one attached hydrogen (secondary N) is 1. The van der Waals surface area contributed by atoms with Crippen LogP contribution in [0.15, 0.2) is 16.8 Å². The van der Waals surface area contributed by atoms with Crippen molar-refractivity contribution < 1.29 is 9.32 Å². The summed E-state index contributed by atoms with van der Waals surface area (Å²) in [7, 11) is 0. The van der Waals surface area contributed by atoms with E-state index in [1.165, 1.54) is 25.5 Å². The number of hydrogen-bond donors (Lipinski definition) is 1. The van der Waals surface area contributed by atoms with Gasteiger partial charge in [-0.1, -0.05) is 24.9 Å². The lowest BCUT2D eigenvalue weighted by atomic mass is 9.86. The van der Waals surface area contributed by atoms with E-state index in [2.05, 4.69) is 17.4 Å². The lowest BCUT2D eigenvalue weighted by Crippen LogP contribution is -2.40. The smallest absolute Gasteiger partial charge is 0.290 e. The van der Waals surface area contributed by atoms with E-state index in [4.69, 9.17) is 4.52 Å². The Labute approximate surface area is 89.0 Å². The zero-order valence-electron chi connectivity index (χ0n) is 8.90. The fourth-order valence-corrected chi connectivity index (χ4v) is 2.10. The Kier molecular flexibility index (Phi) is 3.04. The van der Waals surface area contributed by atoms with E-state index in [1.54, 1.807) is 6.07 Å². The maximum Gasteiger partial charge on any atom is 0.290 e. The first-order valence-electron chi connectivity index (χ1n) is 5.49. The van der Waals surface area contributed by atoms with Crippen LogP contribution in [0.5, 0.6) is 0 Å². The van der Waals surface area contributed by atoms with Crippen LogP contribution in [0.25, 0.3) is 0 Å². The van der Waals surface area contributed by atoms with Crippen LogP contribution in [0.1, 0.15) is 43.2 Å². The second-order valence-electron chi connectivity index (χ2n) is 4.22. The Hall–Kier alpha value is -1.32. The Morgan fingerprint density at radius 1 is 1.53 bits per heavy atom. The zero-order chi connectivity index (χ0) is 10.7. The standard InChI is InChI=1S/C11H16N2O2/c1-8-4-2-3-5-9(8)13-11(14)10-6-7-12-15-10/h6-9H,2-5H2,1H3,(H,13,14). The molecule has 0 aromatic carbocycles. The third kappa shape index (κ3) is 2.37. The molecule has 0 bridgehead atoms. The summed E-state index contributed by atoms with van der Waals surface area (Å²) in [5.74, 6) is 0.713. The first-order valence-corrected chi connectivity index (χ1v) is 5.49. The van der Waals surface area contributed by atoms with Crippen LogP contribution in [0.4, 0.5) is 0 Å². The Morgan fingerprint density at radius 2 is 2.33 bits per heavy atom. The minimum absolute atomic E-state index is 0.147. The highest BCUT2D eigenvalue weighted by atomic mass is 16.5. The minimum atomic E-state index is -0.147. The van der Waals surface area contributed by atoms with Crippen LogP contribution in [0, 0.1) is 5.92 Å². The van der Waals surface area contributed by atoms with Gasteiger partial charge in [0.25, 0.3) is 5.91 Å². The summed E-state index contributed by atoms with van der Waals surface area (Å²) < 4.78 is 4.81. The van der Waals surface area contributed by atoms with E-state index >= 15 is 0 Å². The maximum atomic E-state index is 11.7. The van der Waals surface area contributed by atoms with Gasteiger partial charge in [0, 0.05) is 12.1 Å². The molecule has 1 fully saturated rings. The summed E-state index contributed by atoms with van der Waals surface area (Å²) >= 11 is 0. The fourth-order valence-electron chi connectivity index (χ4n) is 2.10. The SMILES string of the molecule is CC1CCCCC1NC(=O)c1ccno1. The number of hydrogen-bond acceptors (Lipinski definition) is 3. The van der Waals surface area contributed by atoms with Gasteiger partial charge in [0.1, 0.15) is 0 Å². The van der Waals surface area contributed by atoms with Gasteiger partial charge in [0.2, 0.25) is 5.76 Å². The molecule has 1 aliphatic carbocycles. The predicted octanol–water partition coefficient (Wildman–Crippen LogP) is 1.98. The summed E-state index contributed by atoms with van der Waals surface area (Å²) in [6.07, 6.45) is 6.23. The van der Waals surface area contributed by atoms with Crippen molar-refractivity contribution in [3.63, 3.8) is 0 Å². The first-order chi connectivity index (χ1) is 7.27. The summed E-state index contributed by atoms with van der Waals surface area (Å²) in [6.45, 7) is 2.19. The van der Waals surface area contributed by atoms with Gasteiger partial charge in [0.15, 0.2) is 0 Å². The monoisotopic (exact) mass is 208 g/mol. The number of nitrogens with zero attached hydrogens (tertiary/aromatic N) is 1. The highest BCUT2D eigenvalue weighted by molar-refractivity contribution is 5.91. The molecular formula is C11H16N2O2. The van der Waals surface area contributed by atoms with Crippen LogP contribution < -0.4 is 5.32 Å². The molecule has 1 aromatic heterocycles. The third-order valence-corrected chi connectivity index (χ3v) is 3.09. The van der Waals surface area contributed by atoms with Gasteiger partial charge < -0.3 is 9.84 Å². The van der Waals surface area contributed by atoms with Crippen molar-refractivity contribution >= 4 is 5.91 Å². The lowest BCUT2D eigenvalue weighted by molar-refractivity contribution is 0.0873. The molecular weight excluding hydrogens is 192 g/mol. The van der Waals surface area contributed by atoms with Crippen LogP contribution in [-0.4, -0.2) is 17.1 Å². The molecule has 1 heterocycles. The maximum absolute atomic E-state index is 11.7. The molecule has 15 heavy (non-hydrogen) atoms. The van der Waals surface area contributed by atoms with E-state index < -0.39 is 0 Å². The summed E-state index contributed by atoms with van der Waals surface area (Å²) in [5.41, 5.74) is 0. The van der Waals surface area contributed by atoms with E-state index in [0.29, 0.717) is 11.7 Å². The molecule has 1 saturated carbocycles. The summed E-state index contributed by atoms with van der Waals surface area (Å²) in [4.78, 5) is 11.7. The highest BCUT2D eigenvalue weighted by Gasteiger charge is 2.24. The van der Waals surface area contributed by atoms with E-state index in [-0.39, 0.29) is 11.9 Å². The number of carbonyl (C=O) groups excluding carboxylic acids is 1. The van der Waals surface area contributed by atoms with Crippen molar-refractivity contribution in [3.05, 3.63) is 18.0 Å². The molecule has 2 unspecified atom stereocenters. The molecule has 1 aromatic rings. The second kappa shape index (κ2) is 4.47. The van der Waals surface area contributed by atoms with E-state index in [9.17, 15) is 4.79 Å². The molecule has 82 valence electrons. The van der Waals surface area contributed by atoms with Gasteiger partial charge in [-0.05, 0) is 18.8 Å². The van der Waals surface area contributed by atoms with Gasteiger partial charge in [-0.2, -0.15) is 0 Å². The molecule has 2 rings (SSSR count). The average Bonchev–Trinajstić information content (AvgIpc) is 2.74. The number of carbonyl (C=O) groups is 1. The van der Waals surface area contributed by atoms with Gasteiger partial charge in [-0.15, -0.1) is 0 Å². The van der Waals surface area contributed by atoms with Gasteiger partial charge in [-0.25, -0.2) is 0 Å². The molecule has 1 N–H and O–H groups in total. The summed E-state index contributed by atoms with van der Waals surface area (Å²) in [6, 6.07) is 1.87. The average molecular weight is 208 g/mol. The summed E-state index contributed by atoms with van der Waals surface area (Å²) in [5, 5.41) is 6.52. The molecule has 4 heteroatoms. The van der Waals surface area contributed by atoms with E-state index in [1.807, 2.05) is 0 Å². The van der Waals surface area contributed by atoms with Crippen LogP contribution in [-0.2, 0) is 0 Å². The van der Waals surface area contributed by atoms with Gasteiger partial charge in [0.05, 0.1) is 6.20 Å². The van der Waals surface area contributed by atoms with Crippen molar-refractivity contribution in [2.45, 2.75) is 38.6 Å². The van der Waals surface area contributed by atoms with E-state index in [0.717, 1.165) is 6.42 Å². The van der Waals surface area contributed by atoms with Gasteiger partial charge in [-0.3, -0.25) is 4.79 Å². The third-order valence-electron chi connectivity index (χ3n) is 3.09. The second-order valence-corrected chi connectivity index (χ2v) is 4.22. The Morgan fingerprint density at radius 3 is 3.00 bits per heavy atom. The van der Waals surface area contributed by atoms with Crippen molar-refractivity contribution in [1.29, 1.82) is 0 Å². The van der Waals surface area contributed by atoms with Crippen molar-refractivity contribution in [1.82, 2.24) is 10.5 Å². The van der Waals surface area contributed by atoms with Crippen LogP contribution in [0.3, 0.4) is 0 Å². The molecule has 2 atom stereocenters. The van der Waals surface area contributed by atoms with Crippen molar-refractivity contribution in [3.8, 4) is 0 Å². The number of rotatable bonds is 2. The Bertz CT molecular complexity index is 321. The fraction of sp³-hybridized carbons (Fsp3) is 0.636. The molecule has 1 amide bonds. The van der Waals surface area contributed by atoms with Crippen LogP contribution in [0.2, 0.25) is 0 Å². The topological polar surface area (TPSA) is 55.1 Å². The molecule has 0 spiro atoms. The molecule has 0 saturated heterocycles. The zero-order valence-corrected chi connectivity index (χ0v) is 8.90. The predicted molar refractivity (Wildman–Crippen MR) is 55.4 cm³/mol. The quantitative estimate of drug-likeness (QED) is 0.808. The molecule has 0 radical (unpaired) electrons.